The van der Waals surface area contributed by atoms with Gasteiger partial charge < -0.3 is 48.6 Å². The number of hydrogen-bond donors (Lipinski definition) is 3. The Labute approximate surface area is 378 Å². The number of amides is 1. The summed E-state index contributed by atoms with van der Waals surface area (Å²) in [5.74, 6) is -10.0. The minimum absolute atomic E-state index is 0.0212. The molecular formula is C48H73NO15. The molecule has 3 aliphatic heterocycles. The topological polar surface area (TPSA) is 222 Å². The molecular weight excluding hydrogens is 831 g/mol. The van der Waals surface area contributed by atoms with Crippen LogP contribution in [0.2, 0.25) is 0 Å². The number of rotatable bonds is 11. The number of ketones is 2. The van der Waals surface area contributed by atoms with Crippen molar-refractivity contribution in [1.82, 2.24) is 4.90 Å². The maximum atomic E-state index is 14.5. The molecule has 64 heavy (non-hydrogen) atoms. The smallest absolute Gasteiger partial charge is 0.329 e. The van der Waals surface area contributed by atoms with E-state index in [9.17, 15) is 39.0 Å². The van der Waals surface area contributed by atoms with Crippen molar-refractivity contribution in [3.8, 4) is 0 Å². The van der Waals surface area contributed by atoms with Gasteiger partial charge in [-0.25, -0.2) is 4.79 Å². The van der Waals surface area contributed by atoms with Gasteiger partial charge in [0.25, 0.3) is 11.7 Å². The summed E-state index contributed by atoms with van der Waals surface area (Å²) in [6.45, 7) is 12.9. The van der Waals surface area contributed by atoms with Crippen molar-refractivity contribution < 1.29 is 72.5 Å². The van der Waals surface area contributed by atoms with Crippen LogP contribution in [-0.4, -0.2) is 138 Å². The average molecular weight is 904 g/mol. The molecule has 3 fully saturated rings. The maximum Gasteiger partial charge on any atom is 0.329 e. The molecule has 2 saturated heterocycles. The zero-order valence-corrected chi connectivity index (χ0v) is 39.0. The van der Waals surface area contributed by atoms with Gasteiger partial charge in [0, 0.05) is 52.0 Å². The molecule has 0 spiro atoms. The molecule has 16 nitrogen and oxygen atoms in total. The molecule has 14 unspecified atom stereocenters. The van der Waals surface area contributed by atoms with Crippen molar-refractivity contribution in [1.29, 1.82) is 0 Å². The van der Waals surface area contributed by atoms with Gasteiger partial charge >= 0.3 is 17.9 Å². The first-order chi connectivity index (χ1) is 30.3. The molecule has 360 valence electrons. The van der Waals surface area contributed by atoms with Crippen LogP contribution >= 0.6 is 0 Å². The quantitative estimate of drug-likeness (QED) is 0.140. The van der Waals surface area contributed by atoms with Gasteiger partial charge in [-0.1, -0.05) is 44.6 Å². The van der Waals surface area contributed by atoms with Crippen molar-refractivity contribution in [3.05, 3.63) is 36.0 Å². The summed E-state index contributed by atoms with van der Waals surface area (Å²) >= 11 is 0. The number of carboxylic acids is 1. The third kappa shape index (κ3) is 13.4. The van der Waals surface area contributed by atoms with E-state index in [-0.39, 0.29) is 56.3 Å². The highest BCUT2D eigenvalue weighted by Crippen LogP contribution is 2.39. The van der Waals surface area contributed by atoms with E-state index < -0.39 is 102 Å². The summed E-state index contributed by atoms with van der Waals surface area (Å²) in [4.78, 5) is 81.6. The number of carboxylic acid groups (broad SMARTS) is 1. The highest BCUT2D eigenvalue weighted by Gasteiger charge is 2.56. The number of methoxy groups -OCH3 is 3. The van der Waals surface area contributed by atoms with Crippen molar-refractivity contribution in [3.63, 3.8) is 0 Å². The Morgan fingerprint density at radius 1 is 0.922 bits per heavy atom. The van der Waals surface area contributed by atoms with Gasteiger partial charge in [0.15, 0.2) is 0 Å². The third-order valence-electron chi connectivity index (χ3n) is 13.7. The zero-order chi connectivity index (χ0) is 47.5. The number of Topliss-reactive ketones (excluding diaryl/α,β-unsaturated/α-hetero) is 2. The third-order valence-corrected chi connectivity index (χ3v) is 13.7. The van der Waals surface area contributed by atoms with E-state index in [1.165, 1.54) is 21.3 Å². The Balaban J connectivity index is 1.73. The lowest BCUT2D eigenvalue weighted by Crippen LogP contribution is -2.64. The molecule has 1 aliphatic carbocycles. The number of aliphatic carboxylic acids is 1. The van der Waals surface area contributed by atoms with Crippen LogP contribution in [0.4, 0.5) is 0 Å². The number of carbonyl (C=O) groups excluding carboxylic acids is 5. The number of nitrogens with zero attached hydrogens (tertiary/aromatic N) is 1. The Morgan fingerprint density at radius 3 is 2.23 bits per heavy atom. The summed E-state index contributed by atoms with van der Waals surface area (Å²) in [6, 6.07) is -1.20. The second-order valence-corrected chi connectivity index (χ2v) is 18.6. The molecule has 1 saturated carbocycles. The van der Waals surface area contributed by atoms with Gasteiger partial charge in [-0.05, 0) is 95.5 Å². The lowest BCUT2D eigenvalue weighted by Gasteiger charge is -2.47. The van der Waals surface area contributed by atoms with E-state index in [2.05, 4.69) is 6.58 Å². The first kappa shape index (κ1) is 52.8. The predicted molar refractivity (Wildman–Crippen MR) is 233 cm³/mol. The minimum Gasteiger partial charge on any atom is -0.481 e. The first-order valence-electron chi connectivity index (χ1n) is 22.9. The molecule has 3 heterocycles. The number of aliphatic hydroxyl groups is 2. The van der Waals surface area contributed by atoms with Crippen LogP contribution in [-0.2, 0) is 57.2 Å². The molecule has 4 rings (SSSR count). The number of fused-ring (bicyclic) bond motifs is 3. The Kier molecular flexibility index (Phi) is 19.9. The number of cyclic esters (lactones) is 1. The summed E-state index contributed by atoms with van der Waals surface area (Å²) < 4.78 is 35.6. The van der Waals surface area contributed by atoms with Gasteiger partial charge in [-0.2, -0.15) is 0 Å². The van der Waals surface area contributed by atoms with E-state index in [1.54, 1.807) is 26.8 Å². The zero-order valence-electron chi connectivity index (χ0n) is 39.0. The largest absolute Gasteiger partial charge is 0.481 e. The van der Waals surface area contributed by atoms with E-state index in [0.717, 1.165) is 10.5 Å². The first-order valence-corrected chi connectivity index (χ1v) is 22.9. The van der Waals surface area contributed by atoms with Gasteiger partial charge in [0.2, 0.25) is 5.79 Å². The lowest BCUT2D eigenvalue weighted by molar-refractivity contribution is -0.302. The highest BCUT2D eigenvalue weighted by atomic mass is 16.7. The number of carbonyl (C=O) groups is 6. The van der Waals surface area contributed by atoms with Gasteiger partial charge in [-0.3, -0.25) is 24.0 Å². The number of esters is 2. The Bertz CT molecular complexity index is 1730. The lowest BCUT2D eigenvalue weighted by atomic mass is 9.81. The molecule has 4 aliphatic rings. The SMILES string of the molecule is C=CCC1/C=C(/C)CC(C)CC(OC)C2OC(O)(C(=O)C(=O)N3CCCCC3C(=O)OC(/C(C)=C/C3CCC(OC(=O)CCC(=O)O)C(OC)C3)C(C)C(O)CC1=O)C(C)CC2OC. The van der Waals surface area contributed by atoms with E-state index in [1.807, 2.05) is 26.0 Å². The van der Waals surface area contributed by atoms with Crippen LogP contribution in [0.3, 0.4) is 0 Å². The van der Waals surface area contributed by atoms with Crippen LogP contribution in [0.5, 0.6) is 0 Å². The van der Waals surface area contributed by atoms with Crippen LogP contribution in [0.1, 0.15) is 118 Å². The van der Waals surface area contributed by atoms with E-state index in [4.69, 9.17) is 33.5 Å². The summed E-state index contributed by atoms with van der Waals surface area (Å²) in [5.41, 5.74) is 1.50. The van der Waals surface area contributed by atoms with Crippen LogP contribution < -0.4 is 0 Å². The monoisotopic (exact) mass is 903 g/mol. The van der Waals surface area contributed by atoms with Gasteiger partial charge in [0.1, 0.15) is 30.1 Å². The fourth-order valence-electron chi connectivity index (χ4n) is 9.98. The van der Waals surface area contributed by atoms with Crippen LogP contribution in [0.15, 0.2) is 36.0 Å². The van der Waals surface area contributed by atoms with Gasteiger partial charge in [0.05, 0.1) is 37.3 Å². The summed E-state index contributed by atoms with van der Waals surface area (Å²) in [7, 11) is 4.52. The molecule has 3 N–H and O–H groups in total. The molecule has 0 aromatic heterocycles. The highest BCUT2D eigenvalue weighted by molar-refractivity contribution is 6.39. The van der Waals surface area contributed by atoms with Crippen molar-refractivity contribution in [2.75, 3.05) is 27.9 Å². The molecule has 0 aromatic carbocycles. The van der Waals surface area contributed by atoms with E-state index in [0.29, 0.717) is 56.9 Å². The van der Waals surface area contributed by atoms with Crippen molar-refractivity contribution >= 4 is 35.4 Å². The standard InChI is InChI=1S/C48H73NO15/c1-10-13-33-21-27(2)20-28(3)22-39(60-8)44-40(61-9)24-30(5)48(58,64-44)45(55)46(56)49-19-12-11-14-34(49)47(57)63-43(31(6)35(50)26-36(33)51)29(4)23-32-15-16-37(38(25-32)59-7)62-42(54)18-17-41(52)53/h10,21,23,28,30-35,37-40,43-44,50,58H,1,11-20,22,24-26H2,2-9H3,(H,52,53)/b27-21-,29-23+. The number of piperidine rings is 1. The average Bonchev–Trinajstić information content (AvgIpc) is 3.26. The number of hydrogen-bond acceptors (Lipinski definition) is 14. The number of aliphatic hydroxyl groups excluding tert-OH is 1. The molecule has 16 heteroatoms. The molecule has 1 amide bonds. The molecule has 14 atom stereocenters. The summed E-state index contributed by atoms with van der Waals surface area (Å²) in [5, 5.41) is 32.9. The second kappa shape index (κ2) is 24.1. The fourth-order valence-corrected chi connectivity index (χ4v) is 9.98. The molecule has 0 aromatic rings. The van der Waals surface area contributed by atoms with Crippen molar-refractivity contribution in [2.45, 2.75) is 173 Å². The number of ether oxygens (including phenoxy) is 6. The van der Waals surface area contributed by atoms with E-state index >= 15 is 0 Å². The maximum absolute atomic E-state index is 14.5. The van der Waals surface area contributed by atoms with Crippen LogP contribution in [0.25, 0.3) is 0 Å². The normalized spacial score (nSPS) is 37.6. The predicted octanol–water partition coefficient (Wildman–Crippen LogP) is 5.05. The Morgan fingerprint density at radius 2 is 1.59 bits per heavy atom. The Hall–Kier alpha value is -3.80. The summed E-state index contributed by atoms with van der Waals surface area (Å²) in [6.07, 6.45) is 3.14. The molecule has 0 radical (unpaired) electrons. The van der Waals surface area contributed by atoms with Crippen molar-refractivity contribution in [2.24, 2.45) is 29.6 Å². The second-order valence-electron chi connectivity index (χ2n) is 18.6. The van der Waals surface area contributed by atoms with Crippen LogP contribution in [0, 0.1) is 29.6 Å². The van der Waals surface area contributed by atoms with Gasteiger partial charge in [-0.15, -0.1) is 6.58 Å². The minimum atomic E-state index is -2.55. The fraction of sp³-hybridized carbons (Fsp3) is 0.750. The molecule has 2 bridgehead atoms. The number of allylic oxidation sites excluding steroid dienone is 4.